The van der Waals surface area contributed by atoms with Crippen LogP contribution in [0.15, 0.2) is 22.7 Å². The zero-order valence-corrected chi connectivity index (χ0v) is 14.6. The number of hydrogen-bond acceptors (Lipinski definition) is 6. The van der Waals surface area contributed by atoms with Crippen molar-refractivity contribution >= 4 is 5.91 Å². The van der Waals surface area contributed by atoms with Gasteiger partial charge in [0, 0.05) is 18.9 Å². The fourth-order valence-electron chi connectivity index (χ4n) is 3.09. The van der Waals surface area contributed by atoms with E-state index in [1.807, 2.05) is 12.1 Å². The number of amides is 1. The Labute approximate surface area is 146 Å². The Morgan fingerprint density at radius 2 is 1.96 bits per heavy atom. The molecule has 7 nitrogen and oxygen atoms in total. The number of hydrogen-bond donors (Lipinski definition) is 1. The van der Waals surface area contributed by atoms with Crippen molar-refractivity contribution in [1.82, 2.24) is 10.5 Å². The molecule has 3 rings (SSSR count). The molecule has 0 bridgehead atoms. The second kappa shape index (κ2) is 7.46. The maximum atomic E-state index is 12.3. The third kappa shape index (κ3) is 3.70. The van der Waals surface area contributed by atoms with Gasteiger partial charge in [0.1, 0.15) is 5.76 Å². The Bertz CT molecular complexity index is 756. The fourth-order valence-corrected chi connectivity index (χ4v) is 3.09. The van der Waals surface area contributed by atoms with Crippen molar-refractivity contribution in [2.75, 3.05) is 21.3 Å². The topological polar surface area (TPSA) is 82.8 Å². The lowest BCUT2D eigenvalue weighted by molar-refractivity contribution is -0.121. The lowest BCUT2D eigenvalue weighted by Crippen LogP contribution is -2.27. The molecule has 25 heavy (non-hydrogen) atoms. The molecule has 0 spiro atoms. The highest BCUT2D eigenvalue weighted by Crippen LogP contribution is 2.39. The van der Waals surface area contributed by atoms with Crippen LogP contribution in [0.1, 0.15) is 35.8 Å². The number of carbonyl (C=O) groups is 1. The Morgan fingerprint density at radius 1 is 1.20 bits per heavy atom. The SMILES string of the molecule is COc1cc(CCC(=O)N[C@H]2CCc3cc(OC)c(OC)cc32)on1. The third-order valence-corrected chi connectivity index (χ3v) is 4.40. The zero-order chi connectivity index (χ0) is 17.8. The first-order valence-electron chi connectivity index (χ1n) is 8.18. The van der Waals surface area contributed by atoms with E-state index >= 15 is 0 Å². The minimum Gasteiger partial charge on any atom is -0.493 e. The van der Waals surface area contributed by atoms with Gasteiger partial charge in [-0.3, -0.25) is 4.79 Å². The van der Waals surface area contributed by atoms with E-state index in [9.17, 15) is 4.79 Å². The van der Waals surface area contributed by atoms with Crippen LogP contribution in [0, 0.1) is 0 Å². The van der Waals surface area contributed by atoms with Gasteiger partial charge in [0.05, 0.1) is 27.4 Å². The van der Waals surface area contributed by atoms with Crippen LogP contribution in [-0.4, -0.2) is 32.4 Å². The predicted molar refractivity (Wildman–Crippen MR) is 90.1 cm³/mol. The molecular weight excluding hydrogens is 324 g/mol. The van der Waals surface area contributed by atoms with E-state index in [1.54, 1.807) is 20.3 Å². The largest absolute Gasteiger partial charge is 0.493 e. The predicted octanol–water partition coefficient (Wildman–Crippen LogP) is 2.44. The van der Waals surface area contributed by atoms with Crippen LogP contribution in [0.5, 0.6) is 17.4 Å². The quantitative estimate of drug-likeness (QED) is 0.829. The lowest BCUT2D eigenvalue weighted by Gasteiger charge is -2.16. The molecule has 7 heteroatoms. The van der Waals surface area contributed by atoms with Gasteiger partial charge in [0.2, 0.25) is 5.91 Å². The number of methoxy groups -OCH3 is 3. The van der Waals surface area contributed by atoms with Crippen LogP contribution in [0.2, 0.25) is 0 Å². The monoisotopic (exact) mass is 346 g/mol. The van der Waals surface area contributed by atoms with E-state index in [2.05, 4.69) is 10.5 Å². The molecule has 0 aliphatic heterocycles. The van der Waals surface area contributed by atoms with Gasteiger partial charge >= 0.3 is 0 Å². The van der Waals surface area contributed by atoms with Gasteiger partial charge in [-0.25, -0.2) is 0 Å². The summed E-state index contributed by atoms with van der Waals surface area (Å²) in [5.41, 5.74) is 2.27. The minimum atomic E-state index is -0.0250. The number of fused-ring (bicyclic) bond motifs is 1. The van der Waals surface area contributed by atoms with Crippen molar-refractivity contribution in [3.63, 3.8) is 0 Å². The molecule has 1 aromatic carbocycles. The molecule has 1 atom stereocenters. The Kier molecular flexibility index (Phi) is 5.11. The highest BCUT2D eigenvalue weighted by Gasteiger charge is 2.26. The molecule has 1 aromatic heterocycles. The first-order chi connectivity index (χ1) is 12.1. The van der Waals surface area contributed by atoms with Gasteiger partial charge in [-0.1, -0.05) is 0 Å². The molecule has 1 amide bonds. The second-order valence-electron chi connectivity index (χ2n) is 5.90. The van der Waals surface area contributed by atoms with E-state index < -0.39 is 0 Å². The lowest BCUT2D eigenvalue weighted by atomic mass is 10.1. The number of rotatable bonds is 7. The second-order valence-corrected chi connectivity index (χ2v) is 5.90. The standard InChI is InChI=1S/C18H22N2O5/c1-22-15-8-11-4-6-14(13(11)10-16(15)23-2)19-17(21)7-5-12-9-18(24-3)20-25-12/h8-10,14H,4-7H2,1-3H3,(H,19,21)/t14-/m0/s1. The molecule has 1 N–H and O–H groups in total. The zero-order valence-electron chi connectivity index (χ0n) is 14.6. The van der Waals surface area contributed by atoms with Crippen molar-refractivity contribution < 1.29 is 23.5 Å². The van der Waals surface area contributed by atoms with Crippen molar-refractivity contribution in [2.24, 2.45) is 0 Å². The number of benzene rings is 1. The molecule has 0 saturated heterocycles. The van der Waals surface area contributed by atoms with Gasteiger partial charge in [0.25, 0.3) is 5.88 Å². The molecule has 1 aliphatic carbocycles. The van der Waals surface area contributed by atoms with E-state index in [1.165, 1.54) is 12.7 Å². The van der Waals surface area contributed by atoms with E-state index in [-0.39, 0.29) is 11.9 Å². The summed E-state index contributed by atoms with van der Waals surface area (Å²) in [6.45, 7) is 0. The summed E-state index contributed by atoms with van der Waals surface area (Å²) in [7, 11) is 4.75. The number of ether oxygens (including phenoxy) is 3. The van der Waals surface area contributed by atoms with Crippen molar-refractivity contribution in [3.05, 3.63) is 35.1 Å². The van der Waals surface area contributed by atoms with Gasteiger partial charge in [-0.2, -0.15) is 0 Å². The highest BCUT2D eigenvalue weighted by molar-refractivity contribution is 5.77. The molecule has 0 radical (unpaired) electrons. The molecule has 0 saturated carbocycles. The summed E-state index contributed by atoms with van der Waals surface area (Å²) in [5.74, 6) is 2.41. The molecule has 1 aliphatic rings. The van der Waals surface area contributed by atoms with Crippen molar-refractivity contribution in [3.8, 4) is 17.4 Å². The van der Waals surface area contributed by atoms with Crippen LogP contribution in [-0.2, 0) is 17.6 Å². The van der Waals surface area contributed by atoms with Gasteiger partial charge < -0.3 is 24.1 Å². The summed E-state index contributed by atoms with van der Waals surface area (Å²) >= 11 is 0. The summed E-state index contributed by atoms with van der Waals surface area (Å²) in [4.78, 5) is 12.3. The molecule has 134 valence electrons. The number of nitrogens with zero attached hydrogens (tertiary/aromatic N) is 1. The molecule has 0 fully saturated rings. The number of carbonyl (C=O) groups excluding carboxylic acids is 1. The fraction of sp³-hybridized carbons (Fsp3) is 0.444. The summed E-state index contributed by atoms with van der Waals surface area (Å²) in [6.07, 6.45) is 2.58. The normalized spacial score (nSPS) is 15.6. The van der Waals surface area contributed by atoms with Crippen LogP contribution in [0.4, 0.5) is 0 Å². The summed E-state index contributed by atoms with van der Waals surface area (Å²) in [5, 5.41) is 6.81. The Morgan fingerprint density at radius 3 is 2.64 bits per heavy atom. The van der Waals surface area contributed by atoms with Crippen molar-refractivity contribution in [2.45, 2.75) is 31.7 Å². The third-order valence-electron chi connectivity index (χ3n) is 4.40. The maximum Gasteiger partial charge on any atom is 0.254 e. The molecule has 2 aromatic rings. The van der Waals surface area contributed by atoms with Gasteiger partial charge in [0.15, 0.2) is 11.5 Å². The van der Waals surface area contributed by atoms with Gasteiger partial charge in [-0.15, -0.1) is 0 Å². The average molecular weight is 346 g/mol. The smallest absolute Gasteiger partial charge is 0.254 e. The number of nitrogens with one attached hydrogen (secondary N) is 1. The maximum absolute atomic E-state index is 12.3. The van der Waals surface area contributed by atoms with Crippen LogP contribution in [0.3, 0.4) is 0 Å². The van der Waals surface area contributed by atoms with Crippen LogP contribution in [0.25, 0.3) is 0 Å². The van der Waals surface area contributed by atoms with Crippen molar-refractivity contribution in [1.29, 1.82) is 0 Å². The van der Waals surface area contributed by atoms with Crippen LogP contribution >= 0.6 is 0 Å². The molecule has 1 heterocycles. The van der Waals surface area contributed by atoms with Gasteiger partial charge in [-0.05, 0) is 41.3 Å². The minimum absolute atomic E-state index is 0.00781. The first-order valence-corrected chi connectivity index (χ1v) is 8.18. The Balaban J connectivity index is 1.62. The average Bonchev–Trinajstić information content (AvgIpc) is 3.25. The first kappa shape index (κ1) is 17.1. The number of aryl methyl sites for hydroxylation is 2. The van der Waals surface area contributed by atoms with E-state index in [0.717, 1.165) is 18.4 Å². The highest BCUT2D eigenvalue weighted by atomic mass is 16.5. The number of aromatic nitrogens is 1. The van der Waals surface area contributed by atoms with E-state index in [4.69, 9.17) is 18.7 Å². The molecular formula is C18H22N2O5. The summed E-state index contributed by atoms with van der Waals surface area (Å²) < 4.78 is 20.8. The Hall–Kier alpha value is -2.70. The van der Waals surface area contributed by atoms with Crippen LogP contribution < -0.4 is 19.5 Å². The molecule has 0 unspecified atom stereocenters. The van der Waals surface area contributed by atoms with E-state index in [0.29, 0.717) is 36.0 Å². The summed E-state index contributed by atoms with van der Waals surface area (Å²) in [6, 6.07) is 5.62.